The lowest BCUT2D eigenvalue weighted by Gasteiger charge is -2.18. The number of hydrogen-bond acceptors (Lipinski definition) is 1. The molecular weight excluding hydrogens is 293 g/mol. The first-order valence-corrected chi connectivity index (χ1v) is 7.17. The molecule has 0 unspecified atom stereocenters. The fraction of sp³-hybridized carbons (Fsp3) is 0.188. The van der Waals surface area contributed by atoms with Crippen LogP contribution in [0.4, 0.5) is 0 Å². The summed E-state index contributed by atoms with van der Waals surface area (Å²) in [6, 6.07) is 14.8. The van der Waals surface area contributed by atoms with Crippen LogP contribution in [-0.4, -0.2) is 17.9 Å². The second-order valence-electron chi connectivity index (χ2n) is 4.58. The predicted molar refractivity (Wildman–Crippen MR) is 83.2 cm³/mol. The van der Waals surface area contributed by atoms with Crippen LogP contribution in [0.1, 0.15) is 21.5 Å². The van der Waals surface area contributed by atoms with Gasteiger partial charge in [-0.3, -0.25) is 4.79 Å². The van der Waals surface area contributed by atoms with Gasteiger partial charge in [-0.15, -0.1) is 11.6 Å². The average molecular weight is 308 g/mol. The SMILES string of the molecule is CN(Cc1ccccc1Cl)C(=O)c1ccc(CCl)cc1. The van der Waals surface area contributed by atoms with Crippen LogP contribution in [-0.2, 0) is 12.4 Å². The highest BCUT2D eigenvalue weighted by Crippen LogP contribution is 2.17. The van der Waals surface area contributed by atoms with Crippen LogP contribution in [0.3, 0.4) is 0 Å². The Bertz CT molecular complexity index is 596. The fourth-order valence-corrected chi connectivity index (χ4v) is 2.28. The quantitative estimate of drug-likeness (QED) is 0.769. The lowest BCUT2D eigenvalue weighted by molar-refractivity contribution is 0.0785. The predicted octanol–water partition coefficient (Wildman–Crippen LogP) is 4.35. The largest absolute Gasteiger partial charge is 0.337 e. The van der Waals surface area contributed by atoms with Gasteiger partial charge < -0.3 is 4.90 Å². The smallest absolute Gasteiger partial charge is 0.253 e. The zero-order valence-electron chi connectivity index (χ0n) is 11.1. The molecule has 0 fully saturated rings. The van der Waals surface area contributed by atoms with E-state index in [2.05, 4.69) is 0 Å². The highest BCUT2D eigenvalue weighted by molar-refractivity contribution is 6.31. The van der Waals surface area contributed by atoms with Crippen molar-refractivity contribution in [2.75, 3.05) is 7.05 Å². The third-order valence-electron chi connectivity index (χ3n) is 3.07. The zero-order chi connectivity index (χ0) is 14.5. The van der Waals surface area contributed by atoms with Crippen molar-refractivity contribution in [3.8, 4) is 0 Å². The summed E-state index contributed by atoms with van der Waals surface area (Å²) in [7, 11) is 1.77. The second-order valence-corrected chi connectivity index (χ2v) is 5.26. The number of carbonyl (C=O) groups excluding carboxylic acids is 1. The molecule has 0 radical (unpaired) electrons. The van der Waals surface area contributed by atoms with Gasteiger partial charge in [-0.05, 0) is 29.3 Å². The molecule has 0 saturated heterocycles. The van der Waals surface area contributed by atoms with E-state index in [1.165, 1.54) is 0 Å². The minimum atomic E-state index is -0.0361. The minimum Gasteiger partial charge on any atom is -0.337 e. The normalized spacial score (nSPS) is 10.3. The summed E-state index contributed by atoms with van der Waals surface area (Å²) in [5, 5.41) is 0.671. The number of nitrogens with zero attached hydrogens (tertiary/aromatic N) is 1. The Morgan fingerprint density at radius 3 is 2.35 bits per heavy atom. The summed E-state index contributed by atoms with van der Waals surface area (Å²) in [6.07, 6.45) is 0. The molecular formula is C16H15Cl2NO. The van der Waals surface area contributed by atoms with Gasteiger partial charge in [0.15, 0.2) is 0 Å². The molecule has 2 aromatic carbocycles. The molecule has 2 nitrogen and oxygen atoms in total. The van der Waals surface area contributed by atoms with Gasteiger partial charge in [0.1, 0.15) is 0 Å². The summed E-state index contributed by atoms with van der Waals surface area (Å²) in [5.41, 5.74) is 2.58. The molecule has 0 saturated carbocycles. The van der Waals surface area contributed by atoms with Gasteiger partial charge in [-0.25, -0.2) is 0 Å². The molecule has 1 amide bonds. The Morgan fingerprint density at radius 1 is 1.10 bits per heavy atom. The van der Waals surface area contributed by atoms with Gasteiger partial charge >= 0.3 is 0 Å². The molecule has 0 aliphatic rings. The van der Waals surface area contributed by atoms with Crippen LogP contribution < -0.4 is 0 Å². The fourth-order valence-electron chi connectivity index (χ4n) is 1.91. The van der Waals surface area contributed by atoms with Crippen LogP contribution in [0.2, 0.25) is 5.02 Å². The summed E-state index contributed by atoms with van der Waals surface area (Å²) in [5.74, 6) is 0.412. The summed E-state index contributed by atoms with van der Waals surface area (Å²) in [6.45, 7) is 0.482. The molecule has 0 aliphatic heterocycles. The Kier molecular flexibility index (Phi) is 5.05. The van der Waals surface area contributed by atoms with Crippen LogP contribution in [0.5, 0.6) is 0 Å². The molecule has 2 rings (SSSR count). The first-order valence-electron chi connectivity index (χ1n) is 6.25. The number of halogens is 2. The van der Waals surface area contributed by atoms with E-state index in [0.29, 0.717) is 23.0 Å². The standard InChI is InChI=1S/C16H15Cl2NO/c1-19(11-14-4-2-3-5-15(14)18)16(20)13-8-6-12(10-17)7-9-13/h2-9H,10-11H2,1H3. The molecule has 2 aromatic rings. The first-order chi connectivity index (χ1) is 9.61. The second kappa shape index (κ2) is 6.78. The van der Waals surface area contributed by atoms with Gasteiger partial charge in [0.25, 0.3) is 5.91 Å². The first kappa shape index (κ1) is 14.9. The molecule has 4 heteroatoms. The summed E-state index contributed by atoms with van der Waals surface area (Å²) < 4.78 is 0. The van der Waals surface area contributed by atoms with Crippen molar-refractivity contribution in [2.24, 2.45) is 0 Å². The molecule has 0 atom stereocenters. The summed E-state index contributed by atoms with van der Waals surface area (Å²) in [4.78, 5) is 14.0. The topological polar surface area (TPSA) is 20.3 Å². The molecule has 0 spiro atoms. The summed E-state index contributed by atoms with van der Waals surface area (Å²) >= 11 is 11.8. The molecule has 0 heterocycles. The number of alkyl halides is 1. The van der Waals surface area contributed by atoms with Gasteiger partial charge in [-0.1, -0.05) is 41.9 Å². The maximum absolute atomic E-state index is 12.3. The van der Waals surface area contributed by atoms with E-state index in [4.69, 9.17) is 23.2 Å². The van der Waals surface area contributed by atoms with E-state index in [-0.39, 0.29) is 5.91 Å². The maximum Gasteiger partial charge on any atom is 0.253 e. The Balaban J connectivity index is 2.10. The van der Waals surface area contributed by atoms with Crippen molar-refractivity contribution in [1.29, 1.82) is 0 Å². The zero-order valence-corrected chi connectivity index (χ0v) is 12.7. The van der Waals surface area contributed by atoms with Crippen LogP contribution in [0.25, 0.3) is 0 Å². The van der Waals surface area contributed by atoms with Crippen molar-refractivity contribution < 1.29 is 4.79 Å². The van der Waals surface area contributed by atoms with E-state index in [0.717, 1.165) is 11.1 Å². The van der Waals surface area contributed by atoms with Gasteiger partial charge in [0.05, 0.1) is 0 Å². The van der Waals surface area contributed by atoms with Crippen LogP contribution >= 0.6 is 23.2 Å². The third kappa shape index (κ3) is 3.53. The molecule has 0 N–H and O–H groups in total. The van der Waals surface area contributed by atoms with E-state index in [9.17, 15) is 4.79 Å². The molecule has 0 bridgehead atoms. The van der Waals surface area contributed by atoms with Crippen molar-refractivity contribution in [3.63, 3.8) is 0 Å². The molecule has 0 aliphatic carbocycles. The van der Waals surface area contributed by atoms with Crippen molar-refractivity contribution in [2.45, 2.75) is 12.4 Å². The lowest BCUT2D eigenvalue weighted by atomic mass is 10.1. The number of rotatable bonds is 4. The van der Waals surface area contributed by atoms with E-state index >= 15 is 0 Å². The molecule has 20 heavy (non-hydrogen) atoms. The third-order valence-corrected chi connectivity index (χ3v) is 3.74. The van der Waals surface area contributed by atoms with Gasteiger partial charge in [0, 0.05) is 30.1 Å². The van der Waals surface area contributed by atoms with Crippen LogP contribution in [0, 0.1) is 0 Å². The van der Waals surface area contributed by atoms with Gasteiger partial charge in [-0.2, -0.15) is 0 Å². The molecule has 104 valence electrons. The van der Waals surface area contributed by atoms with E-state index < -0.39 is 0 Å². The van der Waals surface area contributed by atoms with E-state index in [1.54, 1.807) is 24.1 Å². The number of hydrogen-bond donors (Lipinski definition) is 0. The lowest BCUT2D eigenvalue weighted by Crippen LogP contribution is -2.26. The Morgan fingerprint density at radius 2 is 1.75 bits per heavy atom. The highest BCUT2D eigenvalue weighted by atomic mass is 35.5. The highest BCUT2D eigenvalue weighted by Gasteiger charge is 2.13. The Hall–Kier alpha value is -1.51. The number of benzene rings is 2. The average Bonchev–Trinajstić information content (AvgIpc) is 2.49. The number of amides is 1. The van der Waals surface area contributed by atoms with Crippen LogP contribution in [0.15, 0.2) is 48.5 Å². The Labute approximate surface area is 128 Å². The maximum atomic E-state index is 12.3. The monoisotopic (exact) mass is 307 g/mol. The van der Waals surface area contributed by atoms with Crippen molar-refractivity contribution in [1.82, 2.24) is 4.90 Å². The number of carbonyl (C=O) groups is 1. The molecule has 0 aromatic heterocycles. The minimum absolute atomic E-state index is 0.0361. The van der Waals surface area contributed by atoms with Crippen molar-refractivity contribution >= 4 is 29.1 Å². The van der Waals surface area contributed by atoms with Gasteiger partial charge in [0.2, 0.25) is 0 Å². The van der Waals surface area contributed by atoms with E-state index in [1.807, 2.05) is 36.4 Å². The van der Waals surface area contributed by atoms with Crippen molar-refractivity contribution in [3.05, 3.63) is 70.2 Å².